The van der Waals surface area contributed by atoms with Crippen molar-refractivity contribution in [3.63, 3.8) is 0 Å². The van der Waals surface area contributed by atoms with Crippen molar-refractivity contribution in [2.24, 2.45) is 0 Å². The molecule has 0 bridgehead atoms. The van der Waals surface area contributed by atoms with Gasteiger partial charge in [0, 0.05) is 29.7 Å². The number of sulfonamides is 1. The van der Waals surface area contributed by atoms with E-state index in [1.165, 1.54) is 36.4 Å². The van der Waals surface area contributed by atoms with Gasteiger partial charge in [0.05, 0.1) is 10.5 Å². The number of pyridine rings is 1. The van der Waals surface area contributed by atoms with Crippen molar-refractivity contribution < 1.29 is 31.9 Å². The average Bonchev–Trinajstić information content (AvgIpc) is 3.37. The molecule has 0 unspecified atom stereocenters. The molecule has 1 aliphatic rings. The van der Waals surface area contributed by atoms with Crippen molar-refractivity contribution in [1.82, 2.24) is 15.1 Å². The standard InChI is InChI=1S/C23H18N4O7S/c28-23(33-14-21-25-22(26-34-21)16-2-1-9-24-13-16)15-3-5-17(6-4-15)27-35(29,30)18-7-8-19-20(12-18)32-11-10-31-19/h1-9,12-13,27H,10-11,14H2. The summed E-state index contributed by atoms with van der Waals surface area (Å²) in [6.07, 6.45) is 3.21. The molecule has 0 amide bonds. The largest absolute Gasteiger partial charge is 0.486 e. The Morgan fingerprint density at radius 1 is 1.03 bits per heavy atom. The highest BCUT2D eigenvalue weighted by Gasteiger charge is 2.20. The zero-order valence-corrected chi connectivity index (χ0v) is 18.9. The minimum Gasteiger partial charge on any atom is -0.486 e. The van der Waals surface area contributed by atoms with Gasteiger partial charge in [0.1, 0.15) is 13.2 Å². The van der Waals surface area contributed by atoms with E-state index in [4.69, 9.17) is 18.7 Å². The van der Waals surface area contributed by atoms with E-state index in [1.807, 2.05) is 0 Å². The van der Waals surface area contributed by atoms with Gasteiger partial charge in [-0.25, -0.2) is 13.2 Å². The highest BCUT2D eigenvalue weighted by atomic mass is 32.2. The molecule has 0 radical (unpaired) electrons. The first-order valence-corrected chi connectivity index (χ1v) is 11.9. The number of carbonyl (C=O) groups excluding carboxylic acids is 1. The van der Waals surface area contributed by atoms with Crippen molar-refractivity contribution in [2.75, 3.05) is 17.9 Å². The predicted molar refractivity (Wildman–Crippen MR) is 121 cm³/mol. The van der Waals surface area contributed by atoms with Crippen LogP contribution < -0.4 is 14.2 Å². The number of carbonyl (C=O) groups is 1. The zero-order chi connectivity index (χ0) is 24.3. The Hall–Kier alpha value is -4.45. The molecule has 0 fully saturated rings. The van der Waals surface area contributed by atoms with Crippen LogP contribution in [0.25, 0.3) is 11.4 Å². The molecule has 1 aliphatic heterocycles. The van der Waals surface area contributed by atoms with Crippen LogP contribution in [0.3, 0.4) is 0 Å². The summed E-state index contributed by atoms with van der Waals surface area (Å²) in [7, 11) is -3.88. The summed E-state index contributed by atoms with van der Waals surface area (Å²) in [4.78, 5) is 20.5. The first kappa shape index (κ1) is 22.3. The van der Waals surface area contributed by atoms with Crippen LogP contribution in [-0.4, -0.2) is 42.7 Å². The quantitative estimate of drug-likeness (QED) is 0.381. The summed E-state index contributed by atoms with van der Waals surface area (Å²) in [5.41, 5.74) is 1.16. The monoisotopic (exact) mass is 494 g/mol. The molecule has 35 heavy (non-hydrogen) atoms. The van der Waals surface area contributed by atoms with E-state index in [0.717, 1.165) is 0 Å². The fraction of sp³-hybridized carbons (Fsp3) is 0.130. The molecular weight excluding hydrogens is 476 g/mol. The highest BCUT2D eigenvalue weighted by Crippen LogP contribution is 2.32. The number of nitrogens with one attached hydrogen (secondary N) is 1. The number of fused-ring (bicyclic) bond motifs is 1. The lowest BCUT2D eigenvalue weighted by atomic mass is 10.2. The molecule has 2 aromatic carbocycles. The van der Waals surface area contributed by atoms with Gasteiger partial charge in [-0.2, -0.15) is 4.98 Å². The van der Waals surface area contributed by atoms with Gasteiger partial charge < -0.3 is 18.7 Å². The maximum atomic E-state index is 12.7. The number of hydrogen-bond donors (Lipinski definition) is 1. The topological polar surface area (TPSA) is 143 Å². The Bertz CT molecular complexity index is 1450. The fourth-order valence-corrected chi connectivity index (χ4v) is 4.29. The second kappa shape index (κ2) is 9.43. The number of rotatable bonds is 7. The summed E-state index contributed by atoms with van der Waals surface area (Å²) in [5.74, 6) is 0.685. The van der Waals surface area contributed by atoms with Crippen molar-refractivity contribution >= 4 is 21.7 Å². The molecular formula is C23H18N4O7S. The van der Waals surface area contributed by atoms with Crippen LogP contribution in [0.5, 0.6) is 11.5 Å². The zero-order valence-electron chi connectivity index (χ0n) is 18.1. The van der Waals surface area contributed by atoms with E-state index in [0.29, 0.717) is 36.1 Å². The van der Waals surface area contributed by atoms with Crippen LogP contribution >= 0.6 is 0 Å². The maximum absolute atomic E-state index is 12.7. The number of ether oxygens (including phenoxy) is 3. The molecule has 0 spiro atoms. The van der Waals surface area contributed by atoms with E-state index in [1.54, 1.807) is 30.6 Å². The van der Waals surface area contributed by atoms with E-state index in [9.17, 15) is 13.2 Å². The molecule has 0 atom stereocenters. The lowest BCUT2D eigenvalue weighted by molar-refractivity contribution is 0.0430. The molecule has 0 saturated carbocycles. The van der Waals surface area contributed by atoms with Crippen LogP contribution in [0.4, 0.5) is 5.69 Å². The number of anilines is 1. The van der Waals surface area contributed by atoms with Gasteiger partial charge in [-0.05, 0) is 48.5 Å². The van der Waals surface area contributed by atoms with Gasteiger partial charge in [0.2, 0.25) is 5.82 Å². The second-order valence-electron chi connectivity index (χ2n) is 7.32. The Morgan fingerprint density at radius 2 is 1.83 bits per heavy atom. The minimum atomic E-state index is -3.88. The highest BCUT2D eigenvalue weighted by molar-refractivity contribution is 7.92. The molecule has 2 aromatic heterocycles. The van der Waals surface area contributed by atoms with Crippen LogP contribution in [-0.2, 0) is 21.4 Å². The maximum Gasteiger partial charge on any atom is 0.338 e. The molecule has 178 valence electrons. The fourth-order valence-electron chi connectivity index (χ4n) is 3.22. The molecule has 12 heteroatoms. The van der Waals surface area contributed by atoms with Crippen molar-refractivity contribution in [3.05, 3.63) is 78.4 Å². The first-order valence-electron chi connectivity index (χ1n) is 10.4. The van der Waals surface area contributed by atoms with Gasteiger partial charge in [-0.1, -0.05) is 5.16 Å². The Labute approximate surface area is 199 Å². The Morgan fingerprint density at radius 3 is 2.60 bits per heavy atom. The smallest absolute Gasteiger partial charge is 0.338 e. The molecule has 5 rings (SSSR count). The normalized spacial score (nSPS) is 12.7. The van der Waals surface area contributed by atoms with Gasteiger partial charge in [-0.15, -0.1) is 0 Å². The van der Waals surface area contributed by atoms with Gasteiger partial charge in [-0.3, -0.25) is 9.71 Å². The first-order chi connectivity index (χ1) is 17.0. The summed E-state index contributed by atoms with van der Waals surface area (Å²) in [6, 6.07) is 13.7. The number of hydrogen-bond acceptors (Lipinski definition) is 10. The Kier molecular flexibility index (Phi) is 6.02. The van der Waals surface area contributed by atoms with E-state index < -0.39 is 16.0 Å². The van der Waals surface area contributed by atoms with Crippen LogP contribution in [0.2, 0.25) is 0 Å². The van der Waals surface area contributed by atoms with Crippen molar-refractivity contribution in [2.45, 2.75) is 11.5 Å². The van der Waals surface area contributed by atoms with Crippen LogP contribution in [0.1, 0.15) is 16.2 Å². The van der Waals surface area contributed by atoms with Crippen molar-refractivity contribution in [3.8, 4) is 22.9 Å². The van der Waals surface area contributed by atoms with Gasteiger partial charge in [0.25, 0.3) is 15.9 Å². The second-order valence-corrected chi connectivity index (χ2v) is 9.00. The van der Waals surface area contributed by atoms with Crippen LogP contribution in [0.15, 0.2) is 76.4 Å². The number of nitrogens with zero attached hydrogens (tertiary/aromatic N) is 3. The third kappa shape index (κ3) is 5.06. The summed E-state index contributed by atoms with van der Waals surface area (Å²) in [5, 5.41) is 3.83. The molecule has 0 aliphatic carbocycles. The molecule has 0 saturated heterocycles. The number of esters is 1. The van der Waals surface area contributed by atoms with Gasteiger partial charge in [0.15, 0.2) is 18.1 Å². The average molecular weight is 494 g/mol. The van der Waals surface area contributed by atoms with Crippen LogP contribution in [0, 0.1) is 0 Å². The number of aromatic nitrogens is 3. The summed E-state index contributed by atoms with van der Waals surface area (Å²) < 4.78 is 49.1. The molecule has 3 heterocycles. The van der Waals surface area contributed by atoms with E-state index >= 15 is 0 Å². The SMILES string of the molecule is O=C(OCc1nc(-c2cccnc2)no1)c1ccc(NS(=O)(=O)c2ccc3c(c2)OCCO3)cc1. The molecule has 1 N–H and O–H groups in total. The number of benzene rings is 2. The molecule has 11 nitrogen and oxygen atoms in total. The minimum absolute atomic E-state index is 0.0236. The molecule has 4 aromatic rings. The van der Waals surface area contributed by atoms with E-state index in [2.05, 4.69) is 19.8 Å². The predicted octanol–water partition coefficient (Wildman–Crippen LogP) is 3.06. The third-order valence-electron chi connectivity index (χ3n) is 4.91. The van der Waals surface area contributed by atoms with Gasteiger partial charge >= 0.3 is 5.97 Å². The lowest BCUT2D eigenvalue weighted by Gasteiger charge is -2.19. The summed E-state index contributed by atoms with van der Waals surface area (Å²) >= 11 is 0. The summed E-state index contributed by atoms with van der Waals surface area (Å²) in [6.45, 7) is 0.539. The Balaban J connectivity index is 1.20. The van der Waals surface area contributed by atoms with Crippen molar-refractivity contribution in [1.29, 1.82) is 0 Å². The third-order valence-corrected chi connectivity index (χ3v) is 6.29. The van der Waals surface area contributed by atoms with E-state index in [-0.39, 0.29) is 28.6 Å². The lowest BCUT2D eigenvalue weighted by Crippen LogP contribution is -2.17.